The number of carbonyl (C=O) groups excluding carboxylic acids is 1. The molecule has 0 aliphatic carbocycles. The average molecular weight is 425 g/mol. The van der Waals surface area contributed by atoms with Gasteiger partial charge in [0.15, 0.2) is 6.61 Å². The van der Waals surface area contributed by atoms with Gasteiger partial charge in [0.05, 0.1) is 27.1 Å². The molecule has 0 atom stereocenters. The zero-order valence-electron chi connectivity index (χ0n) is 14.7. The van der Waals surface area contributed by atoms with Gasteiger partial charge in [0.2, 0.25) is 0 Å². The highest BCUT2D eigenvalue weighted by Gasteiger charge is 2.15. The van der Waals surface area contributed by atoms with Crippen LogP contribution >= 0.6 is 34.8 Å². The Morgan fingerprint density at radius 2 is 1.78 bits per heavy atom. The quantitative estimate of drug-likeness (QED) is 0.545. The van der Waals surface area contributed by atoms with Gasteiger partial charge < -0.3 is 9.64 Å². The monoisotopic (exact) mass is 423 g/mol. The van der Waals surface area contributed by atoms with Crippen LogP contribution < -0.4 is 4.74 Å². The first-order chi connectivity index (χ1) is 12.8. The second-order valence-electron chi connectivity index (χ2n) is 5.98. The van der Waals surface area contributed by atoms with Crippen molar-refractivity contribution < 1.29 is 9.53 Å². The first-order valence-corrected chi connectivity index (χ1v) is 9.22. The predicted octanol–water partition coefficient (Wildman–Crippen LogP) is 4.94. The molecule has 1 amide bonds. The van der Waals surface area contributed by atoms with Crippen molar-refractivity contribution in [2.75, 3.05) is 13.7 Å². The molecule has 3 aromatic rings. The van der Waals surface area contributed by atoms with Gasteiger partial charge in [-0.25, -0.2) is 9.97 Å². The Morgan fingerprint density at radius 3 is 2.56 bits per heavy atom. The largest absolute Gasteiger partial charge is 0.482 e. The Hall–Kier alpha value is -2.08. The third-order valence-electron chi connectivity index (χ3n) is 3.97. The summed E-state index contributed by atoms with van der Waals surface area (Å²) in [7, 11) is 1.66. The molecule has 0 unspecified atom stereocenters. The molecule has 140 valence electrons. The molecule has 8 heteroatoms. The van der Waals surface area contributed by atoms with Gasteiger partial charge in [0.25, 0.3) is 5.91 Å². The standard InChI is InChI=1S/C19H16Cl3N3O2/c1-11-12-5-3-4-6-16(12)24-18(23-11)9-25(2)19(26)10-27-17-8-14(21)13(20)7-15(17)22/h3-8H,9-10H2,1-2H3. The van der Waals surface area contributed by atoms with E-state index in [0.29, 0.717) is 21.6 Å². The highest BCUT2D eigenvalue weighted by molar-refractivity contribution is 6.43. The average Bonchev–Trinajstić information content (AvgIpc) is 2.63. The van der Waals surface area contributed by atoms with E-state index in [0.717, 1.165) is 16.6 Å². The van der Waals surface area contributed by atoms with Crippen LogP contribution in [-0.2, 0) is 11.3 Å². The lowest BCUT2D eigenvalue weighted by molar-refractivity contribution is -0.132. The molecule has 0 aliphatic rings. The van der Waals surface area contributed by atoms with Crippen molar-refractivity contribution in [2.24, 2.45) is 0 Å². The second-order valence-corrected chi connectivity index (χ2v) is 7.20. The normalized spacial score (nSPS) is 10.9. The van der Waals surface area contributed by atoms with E-state index in [1.54, 1.807) is 7.05 Å². The van der Waals surface area contributed by atoms with Gasteiger partial charge in [-0.3, -0.25) is 4.79 Å². The predicted molar refractivity (Wildman–Crippen MR) is 108 cm³/mol. The van der Waals surface area contributed by atoms with E-state index >= 15 is 0 Å². The number of hydrogen-bond donors (Lipinski definition) is 0. The van der Waals surface area contributed by atoms with Crippen molar-refractivity contribution in [1.82, 2.24) is 14.9 Å². The summed E-state index contributed by atoms with van der Waals surface area (Å²) in [6, 6.07) is 10.7. The second kappa shape index (κ2) is 8.30. The Bertz CT molecular complexity index is 1010. The van der Waals surface area contributed by atoms with Gasteiger partial charge in [-0.05, 0) is 19.1 Å². The highest BCUT2D eigenvalue weighted by Crippen LogP contribution is 2.33. The van der Waals surface area contributed by atoms with E-state index in [9.17, 15) is 4.79 Å². The van der Waals surface area contributed by atoms with Crippen LogP contribution in [0, 0.1) is 6.92 Å². The minimum atomic E-state index is -0.244. The van der Waals surface area contributed by atoms with Gasteiger partial charge in [-0.15, -0.1) is 0 Å². The van der Waals surface area contributed by atoms with Crippen LogP contribution in [0.5, 0.6) is 5.75 Å². The molecule has 5 nitrogen and oxygen atoms in total. The summed E-state index contributed by atoms with van der Waals surface area (Å²) in [6.45, 7) is 1.99. The van der Waals surface area contributed by atoms with Crippen LogP contribution in [0.25, 0.3) is 10.9 Å². The number of carbonyl (C=O) groups is 1. The van der Waals surface area contributed by atoms with Crippen LogP contribution in [0.1, 0.15) is 11.5 Å². The van der Waals surface area contributed by atoms with Crippen LogP contribution in [0.4, 0.5) is 0 Å². The fourth-order valence-corrected chi connectivity index (χ4v) is 3.12. The molecule has 0 saturated heterocycles. The lowest BCUT2D eigenvalue weighted by Crippen LogP contribution is -2.31. The number of rotatable bonds is 5. The lowest BCUT2D eigenvalue weighted by Gasteiger charge is -2.17. The summed E-state index contributed by atoms with van der Waals surface area (Å²) >= 11 is 17.9. The number of nitrogens with zero attached hydrogens (tertiary/aromatic N) is 3. The number of ether oxygens (including phenoxy) is 1. The molecule has 0 spiro atoms. The summed E-state index contributed by atoms with van der Waals surface area (Å²) < 4.78 is 5.48. The van der Waals surface area contributed by atoms with Crippen molar-refractivity contribution in [3.63, 3.8) is 0 Å². The van der Waals surface area contributed by atoms with E-state index < -0.39 is 0 Å². The number of hydrogen-bond acceptors (Lipinski definition) is 4. The van der Waals surface area contributed by atoms with Crippen molar-refractivity contribution in [3.05, 3.63) is 63.0 Å². The number of halogens is 3. The molecular weight excluding hydrogens is 409 g/mol. The first-order valence-electron chi connectivity index (χ1n) is 8.08. The number of fused-ring (bicyclic) bond motifs is 1. The van der Waals surface area contributed by atoms with Gasteiger partial charge >= 0.3 is 0 Å². The topological polar surface area (TPSA) is 55.3 Å². The molecule has 0 bridgehead atoms. The summed E-state index contributed by atoms with van der Waals surface area (Å²) in [5.41, 5.74) is 1.72. The third kappa shape index (κ3) is 4.61. The van der Waals surface area contributed by atoms with Gasteiger partial charge in [-0.1, -0.05) is 53.0 Å². The number of benzene rings is 2. The Balaban J connectivity index is 1.67. The number of aryl methyl sites for hydroxylation is 1. The van der Waals surface area contributed by atoms with Crippen LogP contribution in [-0.4, -0.2) is 34.4 Å². The number of amides is 1. The molecule has 1 aromatic heterocycles. The smallest absolute Gasteiger partial charge is 0.260 e. The molecular formula is C19H16Cl3N3O2. The van der Waals surface area contributed by atoms with Crippen molar-refractivity contribution in [2.45, 2.75) is 13.5 Å². The molecule has 1 heterocycles. The van der Waals surface area contributed by atoms with Crippen LogP contribution in [0.3, 0.4) is 0 Å². The van der Waals surface area contributed by atoms with E-state index in [4.69, 9.17) is 39.5 Å². The highest BCUT2D eigenvalue weighted by atomic mass is 35.5. The maximum atomic E-state index is 12.4. The number of para-hydroxylation sites is 1. The Labute approximate surface area is 171 Å². The zero-order valence-corrected chi connectivity index (χ0v) is 16.9. The van der Waals surface area contributed by atoms with Crippen molar-refractivity contribution >= 4 is 51.6 Å². The van der Waals surface area contributed by atoms with Crippen molar-refractivity contribution in [1.29, 1.82) is 0 Å². The Morgan fingerprint density at radius 1 is 1.07 bits per heavy atom. The molecule has 0 N–H and O–H groups in total. The lowest BCUT2D eigenvalue weighted by atomic mass is 10.2. The third-order valence-corrected chi connectivity index (χ3v) is 4.99. The maximum Gasteiger partial charge on any atom is 0.260 e. The Kier molecular flexibility index (Phi) is 6.05. The first kappa shape index (κ1) is 19.7. The fraction of sp³-hybridized carbons (Fsp3) is 0.211. The van der Waals surface area contributed by atoms with Crippen LogP contribution in [0.2, 0.25) is 15.1 Å². The zero-order chi connectivity index (χ0) is 19.6. The summed E-state index contributed by atoms with van der Waals surface area (Å²) in [5, 5.41) is 1.90. The van der Waals surface area contributed by atoms with Gasteiger partial charge in [-0.2, -0.15) is 0 Å². The maximum absolute atomic E-state index is 12.4. The minimum Gasteiger partial charge on any atom is -0.482 e. The molecule has 0 aliphatic heterocycles. The molecule has 0 saturated carbocycles. The number of aromatic nitrogens is 2. The van der Waals surface area contributed by atoms with E-state index in [2.05, 4.69) is 9.97 Å². The van der Waals surface area contributed by atoms with E-state index in [1.807, 2.05) is 31.2 Å². The van der Waals surface area contributed by atoms with Gasteiger partial charge in [0.1, 0.15) is 11.6 Å². The van der Waals surface area contributed by atoms with E-state index in [1.165, 1.54) is 17.0 Å². The van der Waals surface area contributed by atoms with Crippen LogP contribution in [0.15, 0.2) is 36.4 Å². The molecule has 3 rings (SSSR count). The summed E-state index contributed by atoms with van der Waals surface area (Å²) in [5.74, 6) is 0.617. The number of likely N-dealkylation sites (N-methyl/N-ethyl adjacent to an activating group) is 1. The molecule has 0 radical (unpaired) electrons. The van der Waals surface area contributed by atoms with Crippen molar-refractivity contribution in [3.8, 4) is 5.75 Å². The SMILES string of the molecule is Cc1nc(CN(C)C(=O)COc2cc(Cl)c(Cl)cc2Cl)nc2ccccc12. The molecule has 27 heavy (non-hydrogen) atoms. The molecule has 2 aromatic carbocycles. The summed E-state index contributed by atoms with van der Waals surface area (Å²) in [4.78, 5) is 22.9. The molecule has 0 fully saturated rings. The fourth-order valence-electron chi connectivity index (χ4n) is 2.53. The summed E-state index contributed by atoms with van der Waals surface area (Å²) in [6.07, 6.45) is 0. The van der Waals surface area contributed by atoms with E-state index in [-0.39, 0.29) is 24.1 Å². The minimum absolute atomic E-state index is 0.194. The van der Waals surface area contributed by atoms with Gasteiger partial charge in [0, 0.05) is 24.2 Å².